The first-order valence-corrected chi connectivity index (χ1v) is 9.61. The van der Waals surface area contributed by atoms with Gasteiger partial charge in [-0.3, -0.25) is 25.2 Å². The van der Waals surface area contributed by atoms with Crippen molar-refractivity contribution in [3.63, 3.8) is 0 Å². The van der Waals surface area contributed by atoms with E-state index in [-0.39, 0.29) is 18.9 Å². The zero-order valence-electron chi connectivity index (χ0n) is 15.9. The van der Waals surface area contributed by atoms with Crippen molar-refractivity contribution >= 4 is 46.6 Å². The highest BCUT2D eigenvalue weighted by Gasteiger charge is 2.12. The van der Waals surface area contributed by atoms with Gasteiger partial charge >= 0.3 is 0 Å². The van der Waals surface area contributed by atoms with E-state index in [1.165, 1.54) is 6.07 Å². The van der Waals surface area contributed by atoms with Crippen LogP contribution < -0.4 is 20.9 Å². The van der Waals surface area contributed by atoms with Crippen molar-refractivity contribution in [1.82, 2.24) is 10.9 Å². The summed E-state index contributed by atoms with van der Waals surface area (Å²) in [6.07, 6.45) is -0.228. The van der Waals surface area contributed by atoms with Gasteiger partial charge in [0.25, 0.3) is 5.91 Å². The number of benzene rings is 2. The summed E-state index contributed by atoms with van der Waals surface area (Å²) in [6.45, 7) is 3.76. The van der Waals surface area contributed by atoms with Crippen LogP contribution in [0.4, 0.5) is 5.69 Å². The number of ether oxygens (including phenoxy) is 1. The Hall–Kier alpha value is -2.77. The standard InChI is InChI=1S/C20H21Cl2N3O4/c1-12(2)29-15-5-3-4-13(10-15)20(28)25-24-19(27)9-8-18(26)23-17-7-6-14(21)11-16(17)22/h3-7,10-12H,8-9H2,1-2H3,(H,23,26)(H,24,27)(H,25,28). The molecule has 0 aromatic heterocycles. The first-order chi connectivity index (χ1) is 13.7. The molecule has 29 heavy (non-hydrogen) atoms. The number of carbonyl (C=O) groups is 3. The number of hydrazine groups is 1. The van der Waals surface area contributed by atoms with Gasteiger partial charge in [0.1, 0.15) is 5.75 Å². The highest BCUT2D eigenvalue weighted by Crippen LogP contribution is 2.25. The molecule has 9 heteroatoms. The van der Waals surface area contributed by atoms with Crippen LogP contribution in [0.15, 0.2) is 42.5 Å². The minimum Gasteiger partial charge on any atom is -0.491 e. The molecule has 0 spiro atoms. The minimum absolute atomic E-state index is 0.0260. The van der Waals surface area contributed by atoms with Crippen molar-refractivity contribution in [2.24, 2.45) is 0 Å². The normalized spacial score (nSPS) is 10.4. The van der Waals surface area contributed by atoms with Crippen molar-refractivity contribution in [3.8, 4) is 5.75 Å². The predicted octanol–water partition coefficient (Wildman–Crippen LogP) is 3.96. The summed E-state index contributed by atoms with van der Waals surface area (Å²) in [6, 6.07) is 11.2. The zero-order chi connectivity index (χ0) is 21.4. The number of nitrogens with one attached hydrogen (secondary N) is 3. The minimum atomic E-state index is -0.509. The number of carbonyl (C=O) groups excluding carboxylic acids is 3. The molecule has 2 aromatic rings. The van der Waals surface area contributed by atoms with Gasteiger partial charge in [-0.2, -0.15) is 0 Å². The topological polar surface area (TPSA) is 96.5 Å². The first-order valence-electron chi connectivity index (χ1n) is 8.85. The number of hydrogen-bond acceptors (Lipinski definition) is 4. The SMILES string of the molecule is CC(C)Oc1cccc(C(=O)NNC(=O)CCC(=O)Nc2ccc(Cl)cc2Cl)c1. The molecule has 3 amide bonds. The molecule has 7 nitrogen and oxygen atoms in total. The van der Waals surface area contributed by atoms with Crippen LogP contribution in [0, 0.1) is 0 Å². The smallest absolute Gasteiger partial charge is 0.269 e. The zero-order valence-corrected chi connectivity index (χ0v) is 17.4. The lowest BCUT2D eigenvalue weighted by atomic mass is 10.2. The van der Waals surface area contributed by atoms with Gasteiger partial charge in [0.05, 0.1) is 16.8 Å². The average Bonchev–Trinajstić information content (AvgIpc) is 2.66. The Kier molecular flexibility index (Phi) is 8.30. The van der Waals surface area contributed by atoms with E-state index in [1.54, 1.807) is 36.4 Å². The van der Waals surface area contributed by atoms with Crippen molar-refractivity contribution < 1.29 is 19.1 Å². The van der Waals surface area contributed by atoms with E-state index < -0.39 is 17.7 Å². The van der Waals surface area contributed by atoms with Gasteiger partial charge in [-0.15, -0.1) is 0 Å². The van der Waals surface area contributed by atoms with Crippen molar-refractivity contribution in [1.29, 1.82) is 0 Å². The molecule has 154 valence electrons. The Morgan fingerprint density at radius 2 is 1.69 bits per heavy atom. The van der Waals surface area contributed by atoms with Crippen LogP contribution in [-0.2, 0) is 9.59 Å². The fraction of sp³-hybridized carbons (Fsp3) is 0.250. The highest BCUT2D eigenvalue weighted by molar-refractivity contribution is 6.36. The molecule has 0 unspecified atom stereocenters. The molecule has 0 atom stereocenters. The molecule has 0 aliphatic carbocycles. The van der Waals surface area contributed by atoms with E-state index in [2.05, 4.69) is 16.2 Å². The monoisotopic (exact) mass is 437 g/mol. The second-order valence-electron chi connectivity index (χ2n) is 6.37. The third-order valence-corrected chi connectivity index (χ3v) is 4.12. The molecule has 0 aliphatic heterocycles. The highest BCUT2D eigenvalue weighted by atomic mass is 35.5. The predicted molar refractivity (Wildman–Crippen MR) is 112 cm³/mol. The molecule has 2 aromatic carbocycles. The van der Waals surface area contributed by atoms with Crippen LogP contribution in [-0.4, -0.2) is 23.8 Å². The second-order valence-corrected chi connectivity index (χ2v) is 7.21. The number of rotatable bonds is 7. The maximum absolute atomic E-state index is 12.1. The van der Waals surface area contributed by atoms with Crippen LogP contribution in [0.5, 0.6) is 5.75 Å². The lowest BCUT2D eigenvalue weighted by Gasteiger charge is -2.11. The second kappa shape index (κ2) is 10.7. The van der Waals surface area contributed by atoms with Gasteiger partial charge in [0.2, 0.25) is 11.8 Å². The Bertz CT molecular complexity index is 903. The van der Waals surface area contributed by atoms with Crippen LogP contribution in [0.2, 0.25) is 10.0 Å². The Morgan fingerprint density at radius 1 is 0.966 bits per heavy atom. The summed E-state index contributed by atoms with van der Waals surface area (Å²) in [4.78, 5) is 36.0. The molecule has 0 bridgehead atoms. The van der Waals surface area contributed by atoms with Gasteiger partial charge in [-0.1, -0.05) is 29.3 Å². The summed E-state index contributed by atoms with van der Waals surface area (Å²) in [7, 11) is 0. The first kappa shape index (κ1) is 22.5. The largest absolute Gasteiger partial charge is 0.491 e. The van der Waals surface area contributed by atoms with Gasteiger partial charge in [-0.05, 0) is 50.2 Å². The lowest BCUT2D eigenvalue weighted by molar-refractivity contribution is -0.124. The molecule has 0 saturated heterocycles. The number of amides is 3. The number of halogens is 2. The quantitative estimate of drug-likeness (QED) is 0.571. The van der Waals surface area contributed by atoms with Crippen molar-refractivity contribution in [2.45, 2.75) is 32.8 Å². The van der Waals surface area contributed by atoms with Crippen LogP contribution >= 0.6 is 23.2 Å². The molecule has 3 N–H and O–H groups in total. The van der Waals surface area contributed by atoms with E-state index in [9.17, 15) is 14.4 Å². The summed E-state index contributed by atoms with van der Waals surface area (Å²) < 4.78 is 5.53. The summed E-state index contributed by atoms with van der Waals surface area (Å²) in [5, 5.41) is 3.34. The molecular formula is C20H21Cl2N3O4. The van der Waals surface area contributed by atoms with Crippen molar-refractivity contribution in [3.05, 3.63) is 58.1 Å². The van der Waals surface area contributed by atoms with E-state index in [4.69, 9.17) is 27.9 Å². The van der Waals surface area contributed by atoms with Crippen LogP contribution in [0.25, 0.3) is 0 Å². The van der Waals surface area contributed by atoms with Gasteiger partial charge in [0, 0.05) is 23.4 Å². The third-order valence-electron chi connectivity index (χ3n) is 3.57. The van der Waals surface area contributed by atoms with Crippen LogP contribution in [0.3, 0.4) is 0 Å². The Morgan fingerprint density at radius 3 is 2.38 bits per heavy atom. The Labute approximate surface area is 178 Å². The molecule has 0 heterocycles. The van der Waals surface area contributed by atoms with Gasteiger partial charge in [0.15, 0.2) is 0 Å². The Balaban J connectivity index is 1.77. The van der Waals surface area contributed by atoms with Crippen LogP contribution in [0.1, 0.15) is 37.0 Å². The van der Waals surface area contributed by atoms with Gasteiger partial charge in [-0.25, -0.2) is 0 Å². The average molecular weight is 438 g/mol. The summed E-state index contributed by atoms with van der Waals surface area (Å²) in [5.41, 5.74) is 5.32. The molecule has 0 saturated carbocycles. The molecule has 0 fully saturated rings. The fourth-order valence-electron chi connectivity index (χ4n) is 2.27. The lowest BCUT2D eigenvalue weighted by Crippen LogP contribution is -2.41. The third kappa shape index (κ3) is 7.63. The van der Waals surface area contributed by atoms with E-state index in [1.807, 2.05) is 13.8 Å². The molecule has 0 aliphatic rings. The maximum Gasteiger partial charge on any atom is 0.269 e. The summed E-state index contributed by atoms with van der Waals surface area (Å²) >= 11 is 11.8. The number of hydrogen-bond donors (Lipinski definition) is 3. The van der Waals surface area contributed by atoms with E-state index in [0.717, 1.165) is 0 Å². The van der Waals surface area contributed by atoms with E-state index >= 15 is 0 Å². The van der Waals surface area contributed by atoms with Gasteiger partial charge < -0.3 is 10.1 Å². The van der Waals surface area contributed by atoms with E-state index in [0.29, 0.717) is 27.0 Å². The maximum atomic E-state index is 12.1. The molecular weight excluding hydrogens is 417 g/mol. The molecule has 2 rings (SSSR count). The van der Waals surface area contributed by atoms with Crippen molar-refractivity contribution in [2.75, 3.05) is 5.32 Å². The summed E-state index contributed by atoms with van der Waals surface area (Å²) in [5.74, 6) is -0.846. The molecule has 0 radical (unpaired) electrons. The fourth-order valence-corrected chi connectivity index (χ4v) is 2.73. The number of anilines is 1.